The third kappa shape index (κ3) is 6.06. The molecule has 4 aromatic carbocycles. The molecule has 9 heteroatoms. The molecule has 0 atom stereocenters. The van der Waals surface area contributed by atoms with Gasteiger partial charge in [0, 0.05) is 14.7 Å². The summed E-state index contributed by atoms with van der Waals surface area (Å²) in [6, 6.07) is 30.9. The maximum absolute atomic E-state index is 14.1. The van der Waals surface area contributed by atoms with Gasteiger partial charge in [-0.3, -0.25) is 0 Å². The quantitative estimate of drug-likeness (QED) is 0.199. The minimum atomic E-state index is -4.58. The maximum Gasteiger partial charge on any atom is 0.338 e. The number of hydrogen-bond donors (Lipinski definition) is 0. The Hall–Kier alpha value is -3.92. The number of hydrogen-bond acceptors (Lipinski definition) is 7. The molecule has 0 N–H and O–H groups in total. The highest BCUT2D eigenvalue weighted by molar-refractivity contribution is 8.33. The minimum absolute atomic E-state index is 0.0737. The first-order valence-corrected chi connectivity index (χ1v) is 15.2. The van der Waals surface area contributed by atoms with Gasteiger partial charge in [0.1, 0.15) is 0 Å². The normalized spacial score (nSPS) is 11.9. The highest BCUT2D eigenvalue weighted by atomic mass is 32.3. The van der Waals surface area contributed by atoms with E-state index in [0.717, 1.165) is 12.1 Å². The molecule has 0 aliphatic rings. The smallest absolute Gasteiger partial charge is 0.338 e. The first-order valence-electron chi connectivity index (χ1n) is 12.3. The fourth-order valence-corrected chi connectivity index (χ4v) is 9.26. The Labute approximate surface area is 230 Å². The first-order chi connectivity index (χ1) is 18.8. The largest absolute Gasteiger partial charge is 0.462 e. The summed E-state index contributed by atoms with van der Waals surface area (Å²) in [7, 11) is -7.43. The van der Waals surface area contributed by atoms with Crippen LogP contribution in [0, 0.1) is 0 Å². The van der Waals surface area contributed by atoms with Gasteiger partial charge in [-0.05, 0) is 78.8 Å². The maximum atomic E-state index is 14.1. The van der Waals surface area contributed by atoms with Crippen molar-refractivity contribution in [3.63, 3.8) is 0 Å². The van der Waals surface area contributed by atoms with Crippen LogP contribution in [0.5, 0.6) is 0 Å². The van der Waals surface area contributed by atoms with Crippen molar-refractivity contribution in [1.82, 2.24) is 0 Å². The lowest BCUT2D eigenvalue weighted by atomic mass is 10.1. The Bertz CT molecular complexity index is 1410. The van der Waals surface area contributed by atoms with Gasteiger partial charge in [-0.2, -0.15) is 8.42 Å². The zero-order valence-corrected chi connectivity index (χ0v) is 23.1. The fourth-order valence-electron chi connectivity index (χ4n) is 3.94. The summed E-state index contributed by atoms with van der Waals surface area (Å²) in [5.74, 6) is -1.54. The molecule has 0 fully saturated rings. The van der Waals surface area contributed by atoms with Crippen molar-refractivity contribution in [1.29, 1.82) is 0 Å². The molecule has 7 nitrogen and oxygen atoms in total. The molecule has 4 aromatic rings. The van der Waals surface area contributed by atoms with E-state index in [1.807, 2.05) is 91.0 Å². The molecule has 0 heterocycles. The zero-order chi connectivity index (χ0) is 27.9. The number of rotatable bonds is 10. The number of benzene rings is 4. The van der Waals surface area contributed by atoms with Crippen LogP contribution >= 0.6 is 10.3 Å². The SMILES string of the molecule is CCOC(=O)c1cc(C(=O)OCC)cc(S(=O)(=O)OS(c2ccccc2)(c2ccccc2)c2ccccc2)c1. The summed E-state index contributed by atoms with van der Waals surface area (Å²) in [4.78, 5) is 26.8. The van der Waals surface area contributed by atoms with Gasteiger partial charge in [-0.25, -0.2) is 13.2 Å². The lowest BCUT2D eigenvalue weighted by Crippen LogP contribution is -2.16. The van der Waals surface area contributed by atoms with Gasteiger partial charge in [-0.15, -0.1) is 0 Å². The molecule has 0 bridgehead atoms. The van der Waals surface area contributed by atoms with Crippen molar-refractivity contribution in [2.75, 3.05) is 13.2 Å². The second kappa shape index (κ2) is 12.3. The molecule has 0 spiro atoms. The average molecular weight is 565 g/mol. The van der Waals surface area contributed by atoms with Crippen LogP contribution in [0.25, 0.3) is 0 Å². The molecule has 0 amide bonds. The second-order valence-corrected chi connectivity index (χ2v) is 12.7. The average Bonchev–Trinajstić information content (AvgIpc) is 2.97. The Morgan fingerprint density at radius 1 is 0.564 bits per heavy atom. The van der Waals surface area contributed by atoms with E-state index >= 15 is 0 Å². The molecule has 202 valence electrons. The molecule has 0 aliphatic heterocycles. The summed E-state index contributed by atoms with van der Waals surface area (Å²) in [5, 5.41) is 0. The van der Waals surface area contributed by atoms with E-state index in [-0.39, 0.29) is 29.2 Å². The monoisotopic (exact) mass is 564 g/mol. The van der Waals surface area contributed by atoms with Crippen LogP contribution in [-0.4, -0.2) is 33.6 Å². The number of ether oxygens (including phenoxy) is 2. The van der Waals surface area contributed by atoms with Crippen LogP contribution in [0.15, 0.2) is 129 Å². The molecule has 0 aromatic heterocycles. The number of carbonyl (C=O) groups is 2. The van der Waals surface area contributed by atoms with E-state index in [1.54, 1.807) is 13.8 Å². The van der Waals surface area contributed by atoms with Gasteiger partial charge in [0.15, 0.2) is 0 Å². The second-order valence-electron chi connectivity index (χ2n) is 8.20. The molecular formula is C30H28O7S2. The summed E-state index contributed by atoms with van der Waals surface area (Å²) in [6.07, 6.45) is 0. The van der Waals surface area contributed by atoms with E-state index in [1.165, 1.54) is 6.07 Å². The lowest BCUT2D eigenvalue weighted by molar-refractivity contribution is 0.0524. The van der Waals surface area contributed by atoms with Crippen molar-refractivity contribution in [2.45, 2.75) is 33.4 Å². The zero-order valence-electron chi connectivity index (χ0n) is 21.5. The minimum Gasteiger partial charge on any atom is -0.462 e. The van der Waals surface area contributed by atoms with Gasteiger partial charge in [0.25, 0.3) is 0 Å². The predicted molar refractivity (Wildman–Crippen MR) is 148 cm³/mol. The van der Waals surface area contributed by atoms with Crippen molar-refractivity contribution in [2.24, 2.45) is 0 Å². The third-order valence-electron chi connectivity index (χ3n) is 5.63. The Kier molecular flexibility index (Phi) is 8.86. The summed E-state index contributed by atoms with van der Waals surface area (Å²) in [5.41, 5.74) is -0.214. The van der Waals surface area contributed by atoms with Gasteiger partial charge >= 0.3 is 22.1 Å². The van der Waals surface area contributed by atoms with E-state index < -0.39 is 32.4 Å². The number of carbonyl (C=O) groups excluding carboxylic acids is 2. The third-order valence-corrected chi connectivity index (χ3v) is 10.8. The summed E-state index contributed by atoms with van der Waals surface area (Å²) >= 11 is 0. The molecule has 39 heavy (non-hydrogen) atoms. The molecule has 0 aliphatic carbocycles. The molecular weight excluding hydrogens is 536 g/mol. The lowest BCUT2D eigenvalue weighted by Gasteiger charge is -2.39. The van der Waals surface area contributed by atoms with Crippen LogP contribution in [0.1, 0.15) is 34.6 Å². The van der Waals surface area contributed by atoms with Crippen LogP contribution in [0.2, 0.25) is 0 Å². The Morgan fingerprint density at radius 3 is 1.26 bits per heavy atom. The van der Waals surface area contributed by atoms with Crippen LogP contribution in [0.3, 0.4) is 0 Å². The van der Waals surface area contributed by atoms with Gasteiger partial charge in [0.2, 0.25) is 0 Å². The fraction of sp³-hybridized carbons (Fsp3) is 0.133. The standard InChI is InChI=1S/C30H28O7S2/c1-3-35-29(31)23-20-24(30(32)36-4-2)22-28(21-23)39(33,34)37-38(25-14-8-5-9-15-25,26-16-10-6-11-17-26)27-18-12-7-13-19-27/h5-22H,3-4H2,1-2H3. The molecule has 0 saturated heterocycles. The molecule has 0 unspecified atom stereocenters. The Balaban J connectivity index is 1.96. The van der Waals surface area contributed by atoms with Gasteiger partial charge in [0.05, 0.1) is 29.2 Å². The van der Waals surface area contributed by atoms with E-state index in [2.05, 4.69) is 0 Å². The van der Waals surface area contributed by atoms with Crippen molar-refractivity contribution >= 4 is 32.4 Å². The molecule has 4 rings (SSSR count). The van der Waals surface area contributed by atoms with E-state index in [0.29, 0.717) is 14.7 Å². The highest BCUT2D eigenvalue weighted by Crippen LogP contribution is 2.70. The van der Waals surface area contributed by atoms with Gasteiger partial charge in [-0.1, -0.05) is 54.6 Å². The van der Waals surface area contributed by atoms with Crippen LogP contribution in [0.4, 0.5) is 0 Å². The molecule has 0 saturated carbocycles. The predicted octanol–water partition coefficient (Wildman–Crippen LogP) is 6.64. The van der Waals surface area contributed by atoms with Crippen molar-refractivity contribution in [3.05, 3.63) is 120 Å². The van der Waals surface area contributed by atoms with Crippen molar-refractivity contribution < 1.29 is 31.1 Å². The van der Waals surface area contributed by atoms with E-state index in [9.17, 15) is 18.0 Å². The Morgan fingerprint density at radius 2 is 0.923 bits per heavy atom. The summed E-state index contributed by atoms with van der Waals surface area (Å²) in [6.45, 7) is 3.41. The molecule has 0 radical (unpaired) electrons. The van der Waals surface area contributed by atoms with Gasteiger partial charge < -0.3 is 9.47 Å². The van der Waals surface area contributed by atoms with Crippen LogP contribution in [-0.2, 0) is 23.2 Å². The van der Waals surface area contributed by atoms with Crippen LogP contribution < -0.4 is 0 Å². The van der Waals surface area contributed by atoms with Crippen molar-refractivity contribution in [3.8, 4) is 0 Å². The first kappa shape index (κ1) is 28.1. The van der Waals surface area contributed by atoms with E-state index in [4.69, 9.17) is 13.1 Å². The topological polar surface area (TPSA) is 96.0 Å². The summed E-state index contributed by atoms with van der Waals surface area (Å²) < 4.78 is 44.7. The number of esters is 2. The highest BCUT2D eigenvalue weighted by Gasteiger charge is 2.38.